The van der Waals surface area contributed by atoms with E-state index in [1.807, 2.05) is 33.7 Å². The number of nitrogens with zero attached hydrogens (tertiary/aromatic N) is 4. The Morgan fingerprint density at radius 1 is 0.810 bits per heavy atom. The molecule has 0 unspecified atom stereocenters. The maximum Gasteiger partial charge on any atom is 0.326 e. The fourth-order valence-corrected chi connectivity index (χ4v) is 6.66. The van der Waals surface area contributed by atoms with Gasteiger partial charge in [0.15, 0.2) is 5.54 Å². The molecule has 7 rings (SSSR count). The van der Waals surface area contributed by atoms with E-state index >= 15 is 0 Å². The number of hydrogen-bond acceptors (Lipinski definition) is 4. The second-order valence-corrected chi connectivity index (χ2v) is 11.7. The van der Waals surface area contributed by atoms with Gasteiger partial charge in [0.1, 0.15) is 17.5 Å². The predicted octanol–water partition coefficient (Wildman–Crippen LogP) is 5.23. The molecule has 3 aliphatic rings. The molecule has 1 aliphatic carbocycles. The van der Waals surface area contributed by atoms with Crippen LogP contribution >= 0.6 is 0 Å². The van der Waals surface area contributed by atoms with Crippen LogP contribution < -0.4 is 5.69 Å². The van der Waals surface area contributed by atoms with Crippen molar-refractivity contribution >= 4 is 22.8 Å². The average Bonchev–Trinajstić information content (AvgIpc) is 3.73. The molecule has 2 fully saturated rings. The van der Waals surface area contributed by atoms with Crippen LogP contribution in [0.4, 0.5) is 8.78 Å². The van der Waals surface area contributed by atoms with Gasteiger partial charge in [-0.3, -0.25) is 14.3 Å². The first kappa shape index (κ1) is 26.8. The molecular formula is C33H33F2N5O2. The summed E-state index contributed by atoms with van der Waals surface area (Å²) in [6.07, 6.45) is 4.51. The van der Waals surface area contributed by atoms with E-state index in [1.165, 1.54) is 24.3 Å². The molecule has 4 aromatic rings. The van der Waals surface area contributed by atoms with E-state index in [9.17, 15) is 18.4 Å². The van der Waals surface area contributed by atoms with Crippen LogP contribution in [0.2, 0.25) is 0 Å². The standard InChI is InChI=1S/C33H33F2N5O2/c34-25-12-8-23(9-13-25)33(24-10-14-26(35)15-11-24)31(41)39(30(37-33)22-6-7-22)19-3-18-38-20-16-27(17-21-38)40-29-5-2-1-4-28(29)36-32(40)42/h1-2,4-5,8-15,22,27H,3,6-7,16-21H2,(H,36,42). The van der Waals surface area contributed by atoms with Crippen molar-refractivity contribution < 1.29 is 13.6 Å². The van der Waals surface area contributed by atoms with Crippen molar-refractivity contribution in [3.05, 3.63) is 106 Å². The first-order chi connectivity index (χ1) is 20.4. The van der Waals surface area contributed by atoms with Crippen molar-refractivity contribution in [3.63, 3.8) is 0 Å². The van der Waals surface area contributed by atoms with Gasteiger partial charge in [-0.1, -0.05) is 36.4 Å². The van der Waals surface area contributed by atoms with Crippen molar-refractivity contribution in [1.82, 2.24) is 19.4 Å². The van der Waals surface area contributed by atoms with Crippen LogP contribution in [0.5, 0.6) is 0 Å². The smallest absolute Gasteiger partial charge is 0.306 e. The summed E-state index contributed by atoms with van der Waals surface area (Å²) in [6.45, 7) is 3.12. The molecule has 7 nitrogen and oxygen atoms in total. The van der Waals surface area contributed by atoms with Gasteiger partial charge >= 0.3 is 5.69 Å². The van der Waals surface area contributed by atoms with Gasteiger partial charge in [-0.05, 0) is 86.2 Å². The third-order valence-corrected chi connectivity index (χ3v) is 8.98. The predicted molar refractivity (Wildman–Crippen MR) is 157 cm³/mol. The van der Waals surface area contributed by atoms with E-state index < -0.39 is 5.54 Å². The number of aromatic nitrogens is 2. The van der Waals surface area contributed by atoms with Crippen LogP contribution in [0.3, 0.4) is 0 Å². The lowest BCUT2D eigenvalue weighted by molar-refractivity contribution is -0.130. The number of aromatic amines is 1. The number of carbonyl (C=O) groups is 1. The number of imidazole rings is 1. The highest BCUT2D eigenvalue weighted by atomic mass is 19.1. The van der Waals surface area contributed by atoms with Crippen molar-refractivity contribution in [2.24, 2.45) is 10.9 Å². The summed E-state index contributed by atoms with van der Waals surface area (Å²) in [6, 6.07) is 19.8. The van der Waals surface area contributed by atoms with Crippen LogP contribution in [0.15, 0.2) is 82.6 Å². The zero-order valence-electron chi connectivity index (χ0n) is 23.3. The summed E-state index contributed by atoms with van der Waals surface area (Å²) in [5.41, 5.74) is 1.56. The summed E-state index contributed by atoms with van der Waals surface area (Å²) in [4.78, 5) is 39.2. The van der Waals surface area contributed by atoms with Gasteiger partial charge < -0.3 is 9.88 Å². The number of amidine groups is 1. The number of carbonyl (C=O) groups excluding carboxylic acids is 1. The fourth-order valence-electron chi connectivity index (χ4n) is 6.66. The second kappa shape index (κ2) is 10.6. The Hall–Kier alpha value is -4.11. The molecule has 42 heavy (non-hydrogen) atoms. The van der Waals surface area contributed by atoms with Crippen molar-refractivity contribution in [1.29, 1.82) is 0 Å². The zero-order valence-corrected chi connectivity index (χ0v) is 23.3. The van der Waals surface area contributed by atoms with Crippen LogP contribution in [-0.2, 0) is 10.3 Å². The molecule has 9 heteroatoms. The lowest BCUT2D eigenvalue weighted by atomic mass is 9.82. The lowest BCUT2D eigenvalue weighted by Gasteiger charge is -2.33. The number of amides is 1. The number of fused-ring (bicyclic) bond motifs is 1. The molecule has 1 amide bonds. The number of piperidine rings is 1. The van der Waals surface area contributed by atoms with Crippen molar-refractivity contribution in [2.75, 3.05) is 26.2 Å². The number of aliphatic imine (C=N–C) groups is 1. The maximum atomic E-state index is 14.3. The van der Waals surface area contributed by atoms with Gasteiger partial charge in [0, 0.05) is 31.6 Å². The molecule has 3 aromatic carbocycles. The molecule has 0 radical (unpaired) electrons. The topological polar surface area (TPSA) is 73.7 Å². The number of halogens is 2. The average molecular weight is 570 g/mol. The molecule has 0 spiro atoms. The Morgan fingerprint density at radius 2 is 1.43 bits per heavy atom. The molecule has 0 atom stereocenters. The lowest BCUT2D eigenvalue weighted by Crippen LogP contribution is -2.44. The molecule has 0 bridgehead atoms. The highest BCUT2D eigenvalue weighted by molar-refractivity contribution is 6.11. The summed E-state index contributed by atoms with van der Waals surface area (Å²) < 4.78 is 29.7. The van der Waals surface area contributed by atoms with E-state index in [1.54, 1.807) is 24.3 Å². The fraction of sp³-hybridized carbons (Fsp3) is 0.364. The molecular weight excluding hydrogens is 536 g/mol. The third kappa shape index (κ3) is 4.65. The normalized spacial score (nSPS) is 19.5. The molecule has 216 valence electrons. The first-order valence-corrected chi connectivity index (χ1v) is 14.8. The van der Waals surface area contributed by atoms with E-state index in [2.05, 4.69) is 9.88 Å². The Labute approximate surface area is 242 Å². The SMILES string of the molecule is O=C1N(CCCN2CCC(n3c(=O)[nH]c4ccccc43)CC2)C(C2CC2)=NC1(c1ccc(F)cc1)c1ccc(F)cc1. The summed E-state index contributed by atoms with van der Waals surface area (Å²) in [5.74, 6) is 0.0631. The summed E-state index contributed by atoms with van der Waals surface area (Å²) >= 11 is 0. The summed E-state index contributed by atoms with van der Waals surface area (Å²) in [7, 11) is 0. The molecule has 1 aromatic heterocycles. The van der Waals surface area contributed by atoms with Crippen LogP contribution in [0.1, 0.15) is 49.3 Å². The molecule has 1 saturated carbocycles. The minimum atomic E-state index is -1.36. The first-order valence-electron chi connectivity index (χ1n) is 14.8. The molecule has 1 N–H and O–H groups in total. The van der Waals surface area contributed by atoms with E-state index in [4.69, 9.17) is 4.99 Å². The largest absolute Gasteiger partial charge is 0.326 e. The van der Waals surface area contributed by atoms with Crippen molar-refractivity contribution in [3.8, 4) is 0 Å². The van der Waals surface area contributed by atoms with Crippen LogP contribution in [0, 0.1) is 17.6 Å². The van der Waals surface area contributed by atoms with Crippen molar-refractivity contribution in [2.45, 2.75) is 43.7 Å². The quantitative estimate of drug-likeness (QED) is 0.316. The second-order valence-electron chi connectivity index (χ2n) is 11.7. The minimum Gasteiger partial charge on any atom is -0.306 e. The Balaban J connectivity index is 1.06. The van der Waals surface area contributed by atoms with Crippen LogP contribution in [0.25, 0.3) is 11.0 Å². The monoisotopic (exact) mass is 569 g/mol. The minimum absolute atomic E-state index is 0.0557. The van der Waals surface area contributed by atoms with E-state index in [-0.39, 0.29) is 35.2 Å². The number of benzene rings is 3. The molecule has 1 saturated heterocycles. The maximum absolute atomic E-state index is 14.3. The van der Waals surface area contributed by atoms with Crippen LogP contribution in [-0.4, -0.2) is 57.3 Å². The number of nitrogens with one attached hydrogen (secondary N) is 1. The zero-order chi connectivity index (χ0) is 28.8. The van der Waals surface area contributed by atoms with E-state index in [0.717, 1.165) is 68.6 Å². The number of para-hydroxylation sites is 2. The third-order valence-electron chi connectivity index (χ3n) is 8.98. The van der Waals surface area contributed by atoms with E-state index in [0.29, 0.717) is 17.7 Å². The molecule has 2 aliphatic heterocycles. The number of rotatable bonds is 8. The van der Waals surface area contributed by atoms with Gasteiger partial charge in [0.05, 0.1) is 11.0 Å². The molecule has 3 heterocycles. The van der Waals surface area contributed by atoms with Gasteiger partial charge in [0.2, 0.25) is 0 Å². The van der Waals surface area contributed by atoms with Gasteiger partial charge in [-0.2, -0.15) is 0 Å². The Morgan fingerprint density at radius 3 is 2.05 bits per heavy atom. The number of likely N-dealkylation sites (tertiary alicyclic amines) is 1. The highest BCUT2D eigenvalue weighted by Gasteiger charge is 2.53. The highest BCUT2D eigenvalue weighted by Crippen LogP contribution is 2.45. The number of hydrogen-bond donors (Lipinski definition) is 1. The Bertz CT molecular complexity index is 1650. The number of H-pyrrole nitrogens is 1. The Kier molecular flexibility index (Phi) is 6.77. The summed E-state index contributed by atoms with van der Waals surface area (Å²) in [5, 5.41) is 0. The van der Waals surface area contributed by atoms with Gasteiger partial charge in [0.25, 0.3) is 5.91 Å². The van der Waals surface area contributed by atoms with Gasteiger partial charge in [-0.25, -0.2) is 18.6 Å². The van der Waals surface area contributed by atoms with Gasteiger partial charge in [-0.15, -0.1) is 0 Å².